The molecular weight excluding hydrogens is 290 g/mol. The molecule has 1 aliphatic heterocycles. The van der Waals surface area contributed by atoms with Gasteiger partial charge in [0, 0.05) is 49.9 Å². The smallest absolute Gasteiger partial charge is 0.253 e. The normalized spacial score (nSPS) is 17.2. The van der Waals surface area contributed by atoms with Gasteiger partial charge < -0.3 is 9.47 Å². The largest absolute Gasteiger partial charge is 0.341 e. The van der Waals surface area contributed by atoms with Gasteiger partial charge in [-0.05, 0) is 30.5 Å². The van der Waals surface area contributed by atoms with Crippen molar-refractivity contribution in [3.05, 3.63) is 48.2 Å². The van der Waals surface area contributed by atoms with Crippen LogP contribution >= 0.6 is 0 Å². The molecule has 2 aromatic heterocycles. The number of hydrogen-bond acceptors (Lipinski definition) is 3. The van der Waals surface area contributed by atoms with E-state index in [0.717, 1.165) is 42.7 Å². The van der Waals surface area contributed by atoms with Crippen molar-refractivity contribution in [1.29, 1.82) is 0 Å². The fourth-order valence-corrected chi connectivity index (χ4v) is 3.35. The van der Waals surface area contributed by atoms with E-state index in [1.165, 1.54) is 0 Å². The molecule has 0 bridgehead atoms. The van der Waals surface area contributed by atoms with Gasteiger partial charge in [0.25, 0.3) is 5.91 Å². The summed E-state index contributed by atoms with van der Waals surface area (Å²) in [7, 11) is 1.88. The lowest BCUT2D eigenvalue weighted by Gasteiger charge is -2.28. The summed E-state index contributed by atoms with van der Waals surface area (Å²) in [4.78, 5) is 18.8. The molecule has 1 aromatic carbocycles. The summed E-state index contributed by atoms with van der Waals surface area (Å²) in [6.07, 6.45) is 7.69. The van der Waals surface area contributed by atoms with Gasteiger partial charge in [-0.1, -0.05) is 0 Å². The van der Waals surface area contributed by atoms with Crippen molar-refractivity contribution in [3.63, 3.8) is 0 Å². The first-order valence-corrected chi connectivity index (χ1v) is 7.89. The second-order valence-corrected chi connectivity index (χ2v) is 6.26. The van der Waals surface area contributed by atoms with Crippen LogP contribution in [0.25, 0.3) is 10.9 Å². The zero-order chi connectivity index (χ0) is 15.8. The monoisotopic (exact) mass is 309 g/mol. The number of aromatic amines is 1. The second-order valence-electron chi connectivity index (χ2n) is 6.26. The molecular formula is C17H19N5O. The number of benzene rings is 1. The first-order chi connectivity index (χ1) is 11.2. The Hall–Kier alpha value is -2.63. The minimum atomic E-state index is 0.0597. The van der Waals surface area contributed by atoms with Crippen LogP contribution in [-0.4, -0.2) is 44.1 Å². The first kappa shape index (κ1) is 14.0. The summed E-state index contributed by atoms with van der Waals surface area (Å²) in [5.41, 5.74) is 1.66. The van der Waals surface area contributed by atoms with Gasteiger partial charge >= 0.3 is 0 Å². The standard InChI is InChI=1S/C17H19N5O/c1-21(10-12-2-5-16-18-6-7-22(16)11-12)17(23)13-3-4-15-14(8-13)9-19-20-15/h3-4,6-9,12H,2,5,10-11H2,1H3,(H,19,20). The molecule has 6 nitrogen and oxygen atoms in total. The molecule has 0 aliphatic carbocycles. The quantitative estimate of drug-likeness (QED) is 0.805. The summed E-state index contributed by atoms with van der Waals surface area (Å²) in [5.74, 6) is 1.69. The van der Waals surface area contributed by atoms with E-state index in [9.17, 15) is 4.79 Å². The molecule has 0 saturated carbocycles. The molecule has 0 spiro atoms. The summed E-state index contributed by atoms with van der Waals surface area (Å²) in [5, 5.41) is 7.86. The van der Waals surface area contributed by atoms with Crippen LogP contribution in [0.4, 0.5) is 0 Å². The molecule has 118 valence electrons. The molecule has 0 fully saturated rings. The van der Waals surface area contributed by atoms with E-state index in [-0.39, 0.29) is 5.91 Å². The zero-order valence-electron chi connectivity index (χ0n) is 13.1. The summed E-state index contributed by atoms with van der Waals surface area (Å²) >= 11 is 0. The lowest BCUT2D eigenvalue weighted by atomic mass is 9.98. The number of nitrogens with zero attached hydrogens (tertiary/aromatic N) is 4. The van der Waals surface area contributed by atoms with Crippen LogP contribution in [0.1, 0.15) is 22.6 Å². The Morgan fingerprint density at radius 3 is 3.30 bits per heavy atom. The molecule has 6 heteroatoms. The Balaban J connectivity index is 1.46. The van der Waals surface area contributed by atoms with Gasteiger partial charge in [0.1, 0.15) is 5.82 Å². The molecule has 1 amide bonds. The number of aromatic nitrogens is 4. The minimum absolute atomic E-state index is 0.0597. The molecule has 0 radical (unpaired) electrons. The van der Waals surface area contributed by atoms with Crippen LogP contribution < -0.4 is 0 Å². The zero-order valence-corrected chi connectivity index (χ0v) is 13.1. The van der Waals surface area contributed by atoms with Crippen molar-refractivity contribution in [2.75, 3.05) is 13.6 Å². The maximum Gasteiger partial charge on any atom is 0.253 e. The molecule has 0 saturated heterocycles. The number of amides is 1. The van der Waals surface area contributed by atoms with Gasteiger partial charge in [-0.15, -0.1) is 0 Å². The molecule has 1 atom stereocenters. The van der Waals surface area contributed by atoms with Gasteiger partial charge in [0.05, 0.1) is 11.7 Å². The highest BCUT2D eigenvalue weighted by atomic mass is 16.2. The molecule has 1 aliphatic rings. The number of carbonyl (C=O) groups excluding carboxylic acids is 1. The first-order valence-electron chi connectivity index (χ1n) is 7.89. The molecule has 23 heavy (non-hydrogen) atoms. The summed E-state index contributed by atoms with van der Waals surface area (Å²) < 4.78 is 2.20. The van der Waals surface area contributed by atoms with Gasteiger partial charge in [-0.25, -0.2) is 4.98 Å². The van der Waals surface area contributed by atoms with Crippen molar-refractivity contribution in [1.82, 2.24) is 24.6 Å². The maximum absolute atomic E-state index is 12.7. The van der Waals surface area contributed by atoms with Crippen LogP contribution in [0, 0.1) is 5.92 Å². The highest BCUT2D eigenvalue weighted by Gasteiger charge is 2.22. The van der Waals surface area contributed by atoms with E-state index in [1.54, 1.807) is 6.20 Å². The van der Waals surface area contributed by atoms with Crippen molar-refractivity contribution < 1.29 is 4.79 Å². The van der Waals surface area contributed by atoms with Crippen LogP contribution in [0.2, 0.25) is 0 Å². The van der Waals surface area contributed by atoms with E-state index in [1.807, 2.05) is 42.5 Å². The Morgan fingerprint density at radius 1 is 1.48 bits per heavy atom. The number of H-pyrrole nitrogens is 1. The lowest BCUT2D eigenvalue weighted by Crippen LogP contribution is -2.35. The van der Waals surface area contributed by atoms with E-state index < -0.39 is 0 Å². The minimum Gasteiger partial charge on any atom is -0.341 e. The van der Waals surface area contributed by atoms with Gasteiger partial charge in [0.15, 0.2) is 0 Å². The number of fused-ring (bicyclic) bond motifs is 2. The third-order valence-corrected chi connectivity index (χ3v) is 4.60. The number of nitrogens with one attached hydrogen (secondary N) is 1. The Bertz CT molecular complexity index is 849. The average molecular weight is 309 g/mol. The predicted molar refractivity (Wildman–Crippen MR) is 87.1 cm³/mol. The number of imidazole rings is 1. The Morgan fingerprint density at radius 2 is 2.39 bits per heavy atom. The van der Waals surface area contributed by atoms with Gasteiger partial charge in [0.2, 0.25) is 0 Å². The van der Waals surface area contributed by atoms with Crippen LogP contribution in [-0.2, 0) is 13.0 Å². The topological polar surface area (TPSA) is 66.8 Å². The fourth-order valence-electron chi connectivity index (χ4n) is 3.35. The Kier molecular flexibility index (Phi) is 3.37. The fraction of sp³-hybridized carbons (Fsp3) is 0.353. The summed E-state index contributed by atoms with van der Waals surface area (Å²) in [6.45, 7) is 1.70. The lowest BCUT2D eigenvalue weighted by molar-refractivity contribution is 0.0760. The van der Waals surface area contributed by atoms with Crippen LogP contribution in [0.15, 0.2) is 36.8 Å². The van der Waals surface area contributed by atoms with Crippen LogP contribution in [0.5, 0.6) is 0 Å². The van der Waals surface area contributed by atoms with Crippen molar-refractivity contribution in [3.8, 4) is 0 Å². The van der Waals surface area contributed by atoms with Crippen molar-refractivity contribution in [2.24, 2.45) is 5.92 Å². The second kappa shape index (κ2) is 5.53. The van der Waals surface area contributed by atoms with Gasteiger partial charge in [-0.2, -0.15) is 5.10 Å². The van der Waals surface area contributed by atoms with Gasteiger partial charge in [-0.3, -0.25) is 9.89 Å². The molecule has 4 rings (SSSR count). The Labute approximate surface area is 134 Å². The molecule has 1 unspecified atom stereocenters. The molecule has 3 aromatic rings. The maximum atomic E-state index is 12.7. The van der Waals surface area contributed by atoms with E-state index >= 15 is 0 Å². The van der Waals surface area contributed by atoms with Crippen molar-refractivity contribution >= 4 is 16.8 Å². The summed E-state index contributed by atoms with van der Waals surface area (Å²) in [6, 6.07) is 5.66. The SMILES string of the molecule is CN(CC1CCc2nccn2C1)C(=O)c1ccc2[nH]ncc2c1. The number of aryl methyl sites for hydroxylation is 1. The van der Waals surface area contributed by atoms with E-state index in [4.69, 9.17) is 0 Å². The van der Waals surface area contributed by atoms with E-state index in [2.05, 4.69) is 19.7 Å². The van der Waals surface area contributed by atoms with Crippen molar-refractivity contribution in [2.45, 2.75) is 19.4 Å². The molecule has 1 N–H and O–H groups in total. The predicted octanol–water partition coefficient (Wildman–Crippen LogP) is 2.09. The highest BCUT2D eigenvalue weighted by molar-refractivity contribution is 5.97. The third kappa shape index (κ3) is 2.60. The number of hydrogen-bond donors (Lipinski definition) is 1. The van der Waals surface area contributed by atoms with Crippen LogP contribution in [0.3, 0.4) is 0 Å². The van der Waals surface area contributed by atoms with E-state index in [0.29, 0.717) is 11.5 Å². The number of carbonyl (C=O) groups is 1. The average Bonchev–Trinajstić information content (AvgIpc) is 3.21. The number of rotatable bonds is 3. The molecule has 3 heterocycles. The highest BCUT2D eigenvalue weighted by Crippen LogP contribution is 2.20. The third-order valence-electron chi connectivity index (χ3n) is 4.60.